The van der Waals surface area contributed by atoms with Crippen LogP contribution in [0.25, 0.3) is 0 Å². The van der Waals surface area contributed by atoms with Crippen LogP contribution in [0, 0.1) is 11.3 Å². The summed E-state index contributed by atoms with van der Waals surface area (Å²) in [6, 6.07) is 3.58. The van der Waals surface area contributed by atoms with E-state index in [4.69, 9.17) is 16.2 Å². The molecule has 0 aromatic heterocycles. The van der Waals surface area contributed by atoms with Crippen molar-refractivity contribution in [2.24, 2.45) is 11.3 Å². The van der Waals surface area contributed by atoms with Gasteiger partial charge in [-0.2, -0.15) is 0 Å². The van der Waals surface area contributed by atoms with Crippen molar-refractivity contribution < 1.29 is 9.53 Å². The van der Waals surface area contributed by atoms with E-state index in [0.29, 0.717) is 23.6 Å². The SMILES string of the molecule is COc1ccc(N)c(N)c1C[C@]1(C(=O)C2CC2)CCNC1. The van der Waals surface area contributed by atoms with E-state index < -0.39 is 0 Å². The van der Waals surface area contributed by atoms with Gasteiger partial charge in [-0.05, 0) is 44.4 Å². The molecule has 1 atom stereocenters. The molecule has 1 saturated carbocycles. The zero-order chi connectivity index (χ0) is 15.0. The average Bonchev–Trinajstić information content (AvgIpc) is 3.23. The van der Waals surface area contributed by atoms with E-state index in [1.54, 1.807) is 13.2 Å². The molecule has 1 aliphatic carbocycles. The number of carbonyl (C=O) groups is 1. The molecule has 0 spiro atoms. The van der Waals surface area contributed by atoms with Crippen molar-refractivity contribution in [1.82, 2.24) is 5.32 Å². The third-order valence-electron chi connectivity index (χ3n) is 4.80. The normalized spacial score (nSPS) is 25.0. The lowest BCUT2D eigenvalue weighted by molar-refractivity contribution is -0.129. The first kappa shape index (κ1) is 14.2. The maximum absolute atomic E-state index is 12.8. The molecular formula is C16H23N3O2. The number of nitrogens with two attached hydrogens (primary N) is 2. The van der Waals surface area contributed by atoms with Crippen LogP contribution in [0.4, 0.5) is 11.4 Å². The molecule has 5 heteroatoms. The van der Waals surface area contributed by atoms with Crippen LogP contribution in [0.3, 0.4) is 0 Å². The first-order valence-corrected chi connectivity index (χ1v) is 7.53. The van der Waals surface area contributed by atoms with Gasteiger partial charge in [0.25, 0.3) is 0 Å². The Morgan fingerprint density at radius 2 is 2.19 bits per heavy atom. The number of carbonyl (C=O) groups excluding carboxylic acids is 1. The monoisotopic (exact) mass is 289 g/mol. The van der Waals surface area contributed by atoms with Gasteiger partial charge in [-0.25, -0.2) is 0 Å². The first-order chi connectivity index (χ1) is 10.1. The Kier molecular flexibility index (Phi) is 3.53. The summed E-state index contributed by atoms with van der Waals surface area (Å²) in [6.07, 6.45) is 3.53. The second-order valence-corrected chi connectivity index (χ2v) is 6.27. The molecule has 1 aromatic rings. The number of hydrogen-bond acceptors (Lipinski definition) is 5. The number of benzene rings is 1. The average molecular weight is 289 g/mol. The quantitative estimate of drug-likeness (QED) is 0.712. The molecule has 114 valence electrons. The summed E-state index contributed by atoms with van der Waals surface area (Å²) in [5.41, 5.74) is 13.7. The molecule has 5 N–H and O–H groups in total. The number of nitrogen functional groups attached to an aromatic ring is 2. The first-order valence-electron chi connectivity index (χ1n) is 7.53. The molecule has 1 aliphatic heterocycles. The lowest BCUT2D eigenvalue weighted by Crippen LogP contribution is -2.37. The van der Waals surface area contributed by atoms with Gasteiger partial charge in [-0.1, -0.05) is 0 Å². The number of rotatable bonds is 5. The van der Waals surface area contributed by atoms with Crippen molar-refractivity contribution in [3.63, 3.8) is 0 Å². The number of ketones is 1. The van der Waals surface area contributed by atoms with E-state index in [1.165, 1.54) is 0 Å². The lowest BCUT2D eigenvalue weighted by atomic mass is 9.75. The molecule has 0 bridgehead atoms. The molecule has 3 rings (SSSR count). The molecule has 1 aromatic carbocycles. The van der Waals surface area contributed by atoms with E-state index in [-0.39, 0.29) is 11.3 Å². The topological polar surface area (TPSA) is 90.4 Å². The summed E-state index contributed by atoms with van der Waals surface area (Å²) in [7, 11) is 1.62. The van der Waals surface area contributed by atoms with Crippen molar-refractivity contribution in [2.75, 3.05) is 31.7 Å². The lowest BCUT2D eigenvalue weighted by Gasteiger charge is -2.28. The van der Waals surface area contributed by atoms with Crippen LogP contribution >= 0.6 is 0 Å². The minimum atomic E-state index is -0.351. The van der Waals surface area contributed by atoms with Gasteiger partial charge >= 0.3 is 0 Å². The van der Waals surface area contributed by atoms with Crippen LogP contribution in [-0.4, -0.2) is 26.0 Å². The standard InChI is InChI=1S/C16H23N3O2/c1-21-13-5-4-12(17)14(18)11(13)8-16(6-7-19-9-16)15(20)10-2-3-10/h4-5,10,19H,2-3,6-9,17-18H2,1H3/t16-/m1/s1. The third kappa shape index (κ3) is 2.46. The van der Waals surface area contributed by atoms with Crippen molar-refractivity contribution in [3.8, 4) is 5.75 Å². The number of nitrogens with one attached hydrogen (secondary N) is 1. The minimum absolute atomic E-state index is 0.248. The summed E-state index contributed by atoms with van der Waals surface area (Å²) >= 11 is 0. The largest absolute Gasteiger partial charge is 0.496 e. The van der Waals surface area contributed by atoms with Crippen LogP contribution in [-0.2, 0) is 11.2 Å². The predicted octanol–water partition coefficient (Wildman–Crippen LogP) is 1.36. The van der Waals surface area contributed by atoms with E-state index >= 15 is 0 Å². The Morgan fingerprint density at radius 1 is 1.43 bits per heavy atom. The maximum atomic E-state index is 12.8. The van der Waals surface area contributed by atoms with Crippen molar-refractivity contribution >= 4 is 17.2 Å². The maximum Gasteiger partial charge on any atom is 0.143 e. The molecule has 0 amide bonds. The number of ether oxygens (including phenoxy) is 1. The number of Topliss-reactive ketones (excluding diaryl/α,β-unsaturated/α-hetero) is 1. The number of anilines is 2. The molecule has 1 saturated heterocycles. The fourth-order valence-corrected chi connectivity index (χ4v) is 3.35. The van der Waals surface area contributed by atoms with E-state index in [9.17, 15) is 4.79 Å². The summed E-state index contributed by atoms with van der Waals surface area (Å²) in [4.78, 5) is 12.8. The Bertz CT molecular complexity index is 561. The Balaban J connectivity index is 1.96. The fraction of sp³-hybridized carbons (Fsp3) is 0.562. The number of hydrogen-bond donors (Lipinski definition) is 3. The Hall–Kier alpha value is -1.75. The van der Waals surface area contributed by atoms with Gasteiger partial charge in [0.2, 0.25) is 0 Å². The zero-order valence-corrected chi connectivity index (χ0v) is 12.4. The molecule has 2 aliphatic rings. The van der Waals surface area contributed by atoms with Crippen LogP contribution in [0.1, 0.15) is 24.8 Å². The number of methoxy groups -OCH3 is 1. The Labute approximate surface area is 125 Å². The second kappa shape index (κ2) is 5.22. The summed E-state index contributed by atoms with van der Waals surface area (Å²) < 4.78 is 5.43. The van der Waals surface area contributed by atoms with Gasteiger partial charge in [-0.3, -0.25) is 4.79 Å². The summed E-state index contributed by atoms with van der Waals surface area (Å²) in [5.74, 6) is 1.35. The molecule has 1 heterocycles. The van der Waals surface area contributed by atoms with Gasteiger partial charge in [-0.15, -0.1) is 0 Å². The molecular weight excluding hydrogens is 266 g/mol. The van der Waals surface area contributed by atoms with Gasteiger partial charge in [0.05, 0.1) is 18.5 Å². The van der Waals surface area contributed by atoms with Crippen molar-refractivity contribution in [1.29, 1.82) is 0 Å². The fourth-order valence-electron chi connectivity index (χ4n) is 3.35. The van der Waals surface area contributed by atoms with Gasteiger partial charge in [0, 0.05) is 23.4 Å². The Morgan fingerprint density at radius 3 is 2.76 bits per heavy atom. The smallest absolute Gasteiger partial charge is 0.143 e. The van der Waals surface area contributed by atoms with Crippen LogP contribution in [0.15, 0.2) is 12.1 Å². The zero-order valence-electron chi connectivity index (χ0n) is 12.4. The summed E-state index contributed by atoms with van der Waals surface area (Å²) in [6.45, 7) is 1.60. The van der Waals surface area contributed by atoms with Crippen molar-refractivity contribution in [2.45, 2.75) is 25.7 Å². The highest BCUT2D eigenvalue weighted by Gasteiger charge is 2.47. The van der Waals surface area contributed by atoms with Gasteiger partial charge < -0.3 is 21.5 Å². The van der Waals surface area contributed by atoms with Crippen LogP contribution in [0.2, 0.25) is 0 Å². The van der Waals surface area contributed by atoms with E-state index in [0.717, 1.165) is 43.7 Å². The van der Waals surface area contributed by atoms with Crippen molar-refractivity contribution in [3.05, 3.63) is 17.7 Å². The third-order valence-corrected chi connectivity index (χ3v) is 4.80. The minimum Gasteiger partial charge on any atom is -0.496 e. The molecule has 0 radical (unpaired) electrons. The van der Waals surface area contributed by atoms with Gasteiger partial charge in [0.15, 0.2) is 0 Å². The molecule has 5 nitrogen and oxygen atoms in total. The van der Waals surface area contributed by atoms with Gasteiger partial charge in [0.1, 0.15) is 11.5 Å². The molecule has 2 fully saturated rings. The highest BCUT2D eigenvalue weighted by molar-refractivity contribution is 5.90. The van der Waals surface area contributed by atoms with E-state index in [1.807, 2.05) is 6.07 Å². The summed E-state index contributed by atoms with van der Waals surface area (Å²) in [5, 5.41) is 3.33. The van der Waals surface area contributed by atoms with Crippen LogP contribution in [0.5, 0.6) is 5.75 Å². The molecule has 0 unspecified atom stereocenters. The second-order valence-electron chi connectivity index (χ2n) is 6.27. The molecule has 21 heavy (non-hydrogen) atoms. The van der Waals surface area contributed by atoms with E-state index in [2.05, 4.69) is 5.32 Å². The predicted molar refractivity (Wildman–Crippen MR) is 83.2 cm³/mol. The highest BCUT2D eigenvalue weighted by Crippen LogP contribution is 2.44. The highest BCUT2D eigenvalue weighted by atomic mass is 16.5. The van der Waals surface area contributed by atoms with Crippen LogP contribution < -0.4 is 21.5 Å².